The maximum atomic E-state index is 11.7. The first-order chi connectivity index (χ1) is 12.5. The van der Waals surface area contributed by atoms with Crippen LogP contribution in [0.4, 0.5) is 0 Å². The topological polar surface area (TPSA) is 26.3 Å². The van der Waals surface area contributed by atoms with Gasteiger partial charge in [-0.1, -0.05) is 111 Å². The Morgan fingerprint density at radius 3 is 1.42 bits per heavy atom. The van der Waals surface area contributed by atoms with E-state index in [1.807, 2.05) is 0 Å². The molecule has 0 atom stereocenters. The van der Waals surface area contributed by atoms with Gasteiger partial charge in [-0.3, -0.25) is 4.79 Å². The normalized spacial score (nSPS) is 11.5. The second-order valence-electron chi connectivity index (χ2n) is 8.93. The van der Waals surface area contributed by atoms with Crippen LogP contribution in [0.15, 0.2) is 0 Å². The summed E-state index contributed by atoms with van der Waals surface area (Å²) in [6.45, 7) is 9.79. The lowest BCUT2D eigenvalue weighted by atomic mass is 10.0. The van der Waals surface area contributed by atoms with Gasteiger partial charge in [0.2, 0.25) is 0 Å². The molecule has 0 unspecified atom stereocenters. The molecule has 2 heteroatoms. The first kappa shape index (κ1) is 25.5. The average Bonchev–Trinajstić information content (AvgIpc) is 2.58. The van der Waals surface area contributed by atoms with Crippen LogP contribution in [-0.4, -0.2) is 12.6 Å². The molecule has 26 heavy (non-hydrogen) atoms. The van der Waals surface area contributed by atoms with Crippen molar-refractivity contribution in [2.24, 2.45) is 11.8 Å². The fraction of sp³-hybridized carbons (Fsp3) is 0.958. The van der Waals surface area contributed by atoms with E-state index < -0.39 is 0 Å². The highest BCUT2D eigenvalue weighted by molar-refractivity contribution is 5.69. The van der Waals surface area contributed by atoms with Crippen molar-refractivity contribution in [1.82, 2.24) is 0 Å². The molecule has 0 rings (SSSR count). The van der Waals surface area contributed by atoms with E-state index >= 15 is 0 Å². The predicted molar refractivity (Wildman–Crippen MR) is 115 cm³/mol. The maximum Gasteiger partial charge on any atom is 0.305 e. The second-order valence-corrected chi connectivity index (χ2v) is 8.93. The highest BCUT2D eigenvalue weighted by Gasteiger charge is 2.03. The van der Waals surface area contributed by atoms with Crippen LogP contribution in [0, 0.1) is 11.8 Å². The summed E-state index contributed by atoms with van der Waals surface area (Å²) in [7, 11) is 0. The molecular weight excluding hydrogens is 320 g/mol. The van der Waals surface area contributed by atoms with Gasteiger partial charge in [0.15, 0.2) is 0 Å². The lowest BCUT2D eigenvalue weighted by Gasteiger charge is -2.06. The summed E-state index contributed by atoms with van der Waals surface area (Å²) in [5.74, 6) is 1.68. The Morgan fingerprint density at radius 1 is 0.577 bits per heavy atom. The molecule has 0 amide bonds. The first-order valence-electron chi connectivity index (χ1n) is 11.7. The quantitative estimate of drug-likeness (QED) is 0.170. The molecule has 0 saturated heterocycles. The SMILES string of the molecule is CC(C)CCCCCCCCCCCC(=O)OCCCCCCC(C)C. The number of ether oxygens (including phenoxy) is 1. The molecule has 156 valence electrons. The third-order valence-corrected chi connectivity index (χ3v) is 5.10. The van der Waals surface area contributed by atoms with E-state index in [1.54, 1.807) is 0 Å². The van der Waals surface area contributed by atoms with Crippen molar-refractivity contribution in [3.63, 3.8) is 0 Å². The Hall–Kier alpha value is -0.530. The van der Waals surface area contributed by atoms with Crippen LogP contribution in [0.25, 0.3) is 0 Å². The van der Waals surface area contributed by atoms with Crippen molar-refractivity contribution in [2.45, 2.75) is 130 Å². The summed E-state index contributed by atoms with van der Waals surface area (Å²) in [6, 6.07) is 0. The minimum Gasteiger partial charge on any atom is -0.466 e. The van der Waals surface area contributed by atoms with Crippen molar-refractivity contribution < 1.29 is 9.53 Å². The Labute approximate surface area is 164 Å². The van der Waals surface area contributed by atoms with Crippen molar-refractivity contribution >= 4 is 5.97 Å². The Bertz CT molecular complexity index is 297. The zero-order valence-corrected chi connectivity index (χ0v) is 18.5. The molecule has 0 spiro atoms. The fourth-order valence-electron chi connectivity index (χ4n) is 3.33. The van der Waals surface area contributed by atoms with Gasteiger partial charge in [-0.2, -0.15) is 0 Å². The molecule has 0 aromatic carbocycles. The molecule has 0 heterocycles. The summed E-state index contributed by atoms with van der Waals surface area (Å²) < 4.78 is 5.33. The minimum absolute atomic E-state index is 0.0114. The van der Waals surface area contributed by atoms with E-state index in [-0.39, 0.29) is 5.97 Å². The zero-order valence-electron chi connectivity index (χ0n) is 18.5. The van der Waals surface area contributed by atoms with Gasteiger partial charge in [0.25, 0.3) is 0 Å². The van der Waals surface area contributed by atoms with Gasteiger partial charge in [-0.05, 0) is 24.7 Å². The average molecular weight is 369 g/mol. The van der Waals surface area contributed by atoms with Crippen LogP contribution in [-0.2, 0) is 9.53 Å². The van der Waals surface area contributed by atoms with E-state index in [2.05, 4.69) is 27.7 Å². The molecule has 0 N–H and O–H groups in total. The smallest absolute Gasteiger partial charge is 0.305 e. The number of esters is 1. The molecule has 0 radical (unpaired) electrons. The molecule has 0 aliphatic rings. The largest absolute Gasteiger partial charge is 0.466 e. The summed E-state index contributed by atoms with van der Waals surface area (Å²) in [5, 5.41) is 0. The second kappa shape index (κ2) is 19.2. The van der Waals surface area contributed by atoms with Gasteiger partial charge in [-0.15, -0.1) is 0 Å². The Balaban J connectivity index is 3.17. The van der Waals surface area contributed by atoms with Gasteiger partial charge in [0, 0.05) is 6.42 Å². The van der Waals surface area contributed by atoms with E-state index in [0.717, 1.165) is 24.7 Å². The van der Waals surface area contributed by atoms with Crippen molar-refractivity contribution in [2.75, 3.05) is 6.61 Å². The molecule has 2 nitrogen and oxygen atoms in total. The summed E-state index contributed by atoms with van der Waals surface area (Å²) in [4.78, 5) is 11.7. The van der Waals surface area contributed by atoms with Gasteiger partial charge in [0.1, 0.15) is 0 Å². The third-order valence-electron chi connectivity index (χ3n) is 5.10. The highest BCUT2D eigenvalue weighted by atomic mass is 16.5. The highest BCUT2D eigenvalue weighted by Crippen LogP contribution is 2.14. The van der Waals surface area contributed by atoms with Crippen LogP contribution < -0.4 is 0 Å². The molecule has 0 aliphatic heterocycles. The lowest BCUT2D eigenvalue weighted by Crippen LogP contribution is -2.05. The molecule has 0 aromatic rings. The molecule has 0 fully saturated rings. The maximum absolute atomic E-state index is 11.7. The minimum atomic E-state index is 0.0114. The lowest BCUT2D eigenvalue weighted by molar-refractivity contribution is -0.143. The van der Waals surface area contributed by atoms with Crippen LogP contribution in [0.1, 0.15) is 130 Å². The van der Waals surface area contributed by atoms with Gasteiger partial charge in [-0.25, -0.2) is 0 Å². The predicted octanol–water partition coefficient (Wildman–Crippen LogP) is 8.08. The third kappa shape index (κ3) is 21.5. The number of carbonyl (C=O) groups is 1. The van der Waals surface area contributed by atoms with Crippen LogP contribution >= 0.6 is 0 Å². The molecule has 0 aliphatic carbocycles. The van der Waals surface area contributed by atoms with Gasteiger partial charge >= 0.3 is 5.97 Å². The first-order valence-corrected chi connectivity index (χ1v) is 11.7. The molecule has 0 aromatic heterocycles. The number of hydrogen-bond donors (Lipinski definition) is 0. The summed E-state index contributed by atoms with van der Waals surface area (Å²) in [6.07, 6.45) is 19.9. The van der Waals surface area contributed by atoms with E-state index in [9.17, 15) is 4.79 Å². The Kier molecular flexibility index (Phi) is 18.8. The monoisotopic (exact) mass is 368 g/mol. The standard InChI is InChI=1S/C24H48O2/c1-22(2)18-14-10-8-6-5-7-9-11-16-20-24(25)26-21-17-13-12-15-19-23(3)4/h22-23H,5-21H2,1-4H3. The molecular formula is C24H48O2. The number of hydrogen-bond acceptors (Lipinski definition) is 2. The Morgan fingerprint density at radius 2 is 0.962 bits per heavy atom. The van der Waals surface area contributed by atoms with Gasteiger partial charge < -0.3 is 4.74 Å². The van der Waals surface area contributed by atoms with Gasteiger partial charge in [0.05, 0.1) is 6.61 Å². The summed E-state index contributed by atoms with van der Waals surface area (Å²) in [5.41, 5.74) is 0. The number of carbonyl (C=O) groups excluding carboxylic acids is 1. The van der Waals surface area contributed by atoms with Crippen LogP contribution in [0.2, 0.25) is 0 Å². The van der Waals surface area contributed by atoms with Crippen LogP contribution in [0.5, 0.6) is 0 Å². The van der Waals surface area contributed by atoms with Crippen molar-refractivity contribution in [1.29, 1.82) is 0 Å². The van der Waals surface area contributed by atoms with E-state index in [0.29, 0.717) is 13.0 Å². The van der Waals surface area contributed by atoms with Crippen molar-refractivity contribution in [3.8, 4) is 0 Å². The van der Waals surface area contributed by atoms with Crippen molar-refractivity contribution in [3.05, 3.63) is 0 Å². The van der Waals surface area contributed by atoms with E-state index in [1.165, 1.54) is 83.5 Å². The van der Waals surface area contributed by atoms with Crippen LogP contribution in [0.3, 0.4) is 0 Å². The van der Waals surface area contributed by atoms with E-state index in [4.69, 9.17) is 4.74 Å². The molecule has 0 bridgehead atoms. The number of unbranched alkanes of at least 4 members (excludes halogenated alkanes) is 11. The number of rotatable bonds is 19. The fourth-order valence-corrected chi connectivity index (χ4v) is 3.33. The molecule has 0 saturated carbocycles. The summed E-state index contributed by atoms with van der Waals surface area (Å²) >= 11 is 0. The zero-order chi connectivity index (χ0) is 19.5.